The van der Waals surface area contributed by atoms with E-state index in [0.717, 1.165) is 63.6 Å². The van der Waals surface area contributed by atoms with Crippen LogP contribution in [0.25, 0.3) is 0 Å². The Kier molecular flexibility index (Phi) is 11.9. The molecule has 264 valence electrons. The lowest BCUT2D eigenvalue weighted by atomic mass is 9.70. The third-order valence-electron chi connectivity index (χ3n) is 10.7. The molecule has 7 heteroatoms. The van der Waals surface area contributed by atoms with Crippen LogP contribution in [-0.4, -0.2) is 46.5 Å². The largest absolute Gasteiger partial charge is 0.511 e. The summed E-state index contributed by atoms with van der Waals surface area (Å²) < 4.78 is 12.9. The van der Waals surface area contributed by atoms with E-state index in [1.165, 1.54) is 17.6 Å². The minimum atomic E-state index is -0.694. The maximum absolute atomic E-state index is 11.4. The van der Waals surface area contributed by atoms with Crippen LogP contribution in [0.1, 0.15) is 119 Å². The second kappa shape index (κ2) is 15.8. The molecular weight excluding hydrogens is 598 g/mol. The molecular formula is C41H61N3O4. The Labute approximate surface area is 289 Å². The summed E-state index contributed by atoms with van der Waals surface area (Å²) in [6.45, 7) is 16.1. The number of amidine groups is 2. The molecule has 7 nitrogen and oxygen atoms in total. The molecule has 0 spiro atoms. The number of hydrogen-bond acceptors (Lipinski definition) is 7. The fourth-order valence-electron chi connectivity index (χ4n) is 8.48. The van der Waals surface area contributed by atoms with Crippen molar-refractivity contribution in [3.63, 3.8) is 0 Å². The maximum atomic E-state index is 11.4. The van der Waals surface area contributed by atoms with E-state index in [9.17, 15) is 10.2 Å². The number of fused-ring (bicyclic) bond motifs is 2. The van der Waals surface area contributed by atoms with Gasteiger partial charge in [0.15, 0.2) is 5.84 Å². The molecule has 0 bridgehead atoms. The van der Waals surface area contributed by atoms with Crippen molar-refractivity contribution in [1.29, 1.82) is 0 Å². The number of rotatable bonds is 15. The van der Waals surface area contributed by atoms with Gasteiger partial charge < -0.3 is 25.0 Å². The van der Waals surface area contributed by atoms with Gasteiger partial charge in [0, 0.05) is 18.3 Å². The first-order valence-corrected chi connectivity index (χ1v) is 18.7. The minimum absolute atomic E-state index is 0.0379. The van der Waals surface area contributed by atoms with Crippen molar-refractivity contribution >= 4 is 11.7 Å². The molecule has 0 fully saturated rings. The number of aliphatic hydroxyl groups is 2. The van der Waals surface area contributed by atoms with Crippen molar-refractivity contribution in [2.75, 3.05) is 6.61 Å². The average molecular weight is 660 g/mol. The molecule has 6 atom stereocenters. The van der Waals surface area contributed by atoms with Gasteiger partial charge in [0.1, 0.15) is 17.4 Å². The number of aliphatic imine (C=N–C) groups is 2. The first-order valence-electron chi connectivity index (χ1n) is 18.7. The van der Waals surface area contributed by atoms with Gasteiger partial charge in [-0.3, -0.25) is 0 Å². The number of nitrogens with one attached hydrogen (secondary N) is 1. The Bertz CT molecular complexity index is 1410. The standard InChI is InChI=1S/C41H61N3O4/c1-8-11-14-27(10-3)25-47-33-23-34(45)36(35(46)24-33)38-42-37(43-39(44-38)48-41(6,7)26-40(4,5)19-9-2)31-18-17-30-20-28-15-12-13-16-29(28)21-32(30)22-31/h12-13,15-17,20,23,27,29,31-33,39,45-46H,8-11,14,18-19,21-22,24-26H2,1-7H3,(H,42,43,44). The normalized spacial score (nSPS) is 28.0. The van der Waals surface area contributed by atoms with Crippen molar-refractivity contribution < 1.29 is 19.7 Å². The number of aliphatic hydroxyl groups excluding tert-OH is 2. The highest BCUT2D eigenvalue weighted by molar-refractivity contribution is 6.10. The van der Waals surface area contributed by atoms with Crippen molar-refractivity contribution in [2.45, 2.75) is 137 Å². The lowest BCUT2D eigenvalue weighted by Gasteiger charge is -2.39. The molecule has 4 aliphatic carbocycles. The van der Waals surface area contributed by atoms with E-state index in [4.69, 9.17) is 19.5 Å². The van der Waals surface area contributed by atoms with Crippen LogP contribution in [-0.2, 0) is 9.47 Å². The zero-order chi connectivity index (χ0) is 34.5. The summed E-state index contributed by atoms with van der Waals surface area (Å²) in [7, 11) is 0. The molecule has 0 radical (unpaired) electrons. The summed E-state index contributed by atoms with van der Waals surface area (Å²) in [6.07, 6.45) is 25.0. The quantitative estimate of drug-likeness (QED) is 0.163. The second-order valence-electron chi connectivity index (χ2n) is 16.1. The van der Waals surface area contributed by atoms with Gasteiger partial charge in [-0.2, -0.15) is 0 Å². The fourth-order valence-corrected chi connectivity index (χ4v) is 8.48. The topological polar surface area (TPSA) is 95.7 Å². The summed E-state index contributed by atoms with van der Waals surface area (Å²) in [4.78, 5) is 9.91. The summed E-state index contributed by atoms with van der Waals surface area (Å²) in [5.74, 6) is 2.67. The Morgan fingerprint density at radius 1 is 1.02 bits per heavy atom. The Balaban J connectivity index is 1.38. The molecule has 1 aliphatic heterocycles. The fraction of sp³-hybridized carbons (Fsp3) is 0.659. The van der Waals surface area contributed by atoms with Crippen molar-refractivity contribution in [3.8, 4) is 0 Å². The van der Waals surface area contributed by atoms with E-state index in [2.05, 4.69) is 90.2 Å². The van der Waals surface area contributed by atoms with Crippen LogP contribution >= 0.6 is 0 Å². The Morgan fingerprint density at radius 2 is 1.83 bits per heavy atom. The van der Waals surface area contributed by atoms with E-state index in [1.54, 1.807) is 6.08 Å². The molecule has 0 aromatic heterocycles. The van der Waals surface area contributed by atoms with Crippen molar-refractivity contribution in [2.24, 2.45) is 39.1 Å². The third-order valence-corrected chi connectivity index (χ3v) is 10.7. The van der Waals surface area contributed by atoms with Crippen LogP contribution in [0.2, 0.25) is 0 Å². The van der Waals surface area contributed by atoms with E-state index in [-0.39, 0.29) is 34.8 Å². The van der Waals surface area contributed by atoms with Crippen LogP contribution in [0.15, 0.2) is 80.8 Å². The van der Waals surface area contributed by atoms with Crippen LogP contribution in [0.3, 0.4) is 0 Å². The molecule has 0 aromatic carbocycles. The van der Waals surface area contributed by atoms with Gasteiger partial charge in [-0.15, -0.1) is 0 Å². The highest BCUT2D eigenvalue weighted by Crippen LogP contribution is 2.43. The molecule has 0 saturated heterocycles. The first kappa shape index (κ1) is 36.4. The van der Waals surface area contributed by atoms with Crippen LogP contribution in [0.4, 0.5) is 0 Å². The van der Waals surface area contributed by atoms with E-state index in [0.29, 0.717) is 30.2 Å². The highest BCUT2D eigenvalue weighted by atomic mass is 16.5. The van der Waals surface area contributed by atoms with Gasteiger partial charge in [0.25, 0.3) is 0 Å². The molecule has 1 heterocycles. The van der Waals surface area contributed by atoms with Crippen LogP contribution in [0, 0.1) is 29.1 Å². The average Bonchev–Trinajstić information content (AvgIpc) is 3.02. The second-order valence-corrected chi connectivity index (χ2v) is 16.1. The number of nitrogens with zero attached hydrogens (tertiary/aromatic N) is 2. The predicted octanol–water partition coefficient (Wildman–Crippen LogP) is 9.97. The molecule has 3 N–H and O–H groups in total. The smallest absolute Gasteiger partial charge is 0.229 e. The zero-order valence-electron chi connectivity index (χ0n) is 30.6. The summed E-state index contributed by atoms with van der Waals surface area (Å²) in [5, 5.41) is 26.3. The van der Waals surface area contributed by atoms with Crippen molar-refractivity contribution in [3.05, 3.63) is 70.8 Å². The number of hydrogen-bond donors (Lipinski definition) is 3. The van der Waals surface area contributed by atoms with Crippen LogP contribution < -0.4 is 5.32 Å². The molecule has 48 heavy (non-hydrogen) atoms. The predicted molar refractivity (Wildman–Crippen MR) is 197 cm³/mol. The SMILES string of the molecule is CCCCC(CC)COC1C=C(O)C(C2=NC(OC(C)(C)CC(C)(C)CCC)NC(C3CC=C4C=C5C=CC=CC5CC4C3)=N2)=C(O)C1. The van der Waals surface area contributed by atoms with Gasteiger partial charge >= 0.3 is 0 Å². The Morgan fingerprint density at radius 3 is 2.56 bits per heavy atom. The summed E-state index contributed by atoms with van der Waals surface area (Å²) >= 11 is 0. The van der Waals surface area contributed by atoms with Gasteiger partial charge in [-0.1, -0.05) is 96.8 Å². The monoisotopic (exact) mass is 659 g/mol. The van der Waals surface area contributed by atoms with Gasteiger partial charge in [0.2, 0.25) is 6.35 Å². The Hall–Kier alpha value is -2.90. The van der Waals surface area contributed by atoms with Gasteiger partial charge in [-0.05, 0) is 86.8 Å². The zero-order valence-corrected chi connectivity index (χ0v) is 30.6. The number of ether oxygens (including phenoxy) is 2. The molecule has 6 unspecified atom stereocenters. The lowest BCUT2D eigenvalue weighted by Crippen LogP contribution is -2.48. The highest BCUT2D eigenvalue weighted by Gasteiger charge is 2.38. The van der Waals surface area contributed by atoms with E-state index >= 15 is 0 Å². The summed E-state index contributed by atoms with van der Waals surface area (Å²) in [5.41, 5.74) is 2.75. The van der Waals surface area contributed by atoms with E-state index in [1.807, 2.05) is 0 Å². The number of unbranched alkanes of at least 4 members (excludes halogenated alkanes) is 1. The van der Waals surface area contributed by atoms with Gasteiger partial charge in [0.05, 0.1) is 23.9 Å². The maximum Gasteiger partial charge on any atom is 0.229 e. The van der Waals surface area contributed by atoms with Gasteiger partial charge in [-0.25, -0.2) is 9.98 Å². The van der Waals surface area contributed by atoms with E-state index < -0.39 is 18.1 Å². The molecule has 5 aliphatic rings. The minimum Gasteiger partial charge on any atom is -0.511 e. The lowest BCUT2D eigenvalue weighted by molar-refractivity contribution is -0.0959. The number of allylic oxidation sites excluding steroid dienone is 8. The molecule has 0 amide bonds. The van der Waals surface area contributed by atoms with Crippen LogP contribution in [0.5, 0.6) is 0 Å². The van der Waals surface area contributed by atoms with Crippen molar-refractivity contribution in [1.82, 2.24) is 5.32 Å². The molecule has 0 saturated carbocycles. The first-order chi connectivity index (χ1) is 22.9. The third kappa shape index (κ3) is 9.20. The molecule has 5 rings (SSSR count). The molecule has 0 aromatic rings. The summed E-state index contributed by atoms with van der Waals surface area (Å²) in [6, 6.07) is 0.